The Kier molecular flexibility index (Phi) is 2.30. The van der Waals surface area contributed by atoms with Gasteiger partial charge >= 0.3 is 6.03 Å². The molecule has 1 rings (SSSR count). The van der Waals surface area contributed by atoms with E-state index in [1.165, 1.54) is 0 Å². The second-order valence-electron chi connectivity index (χ2n) is 2.43. The van der Waals surface area contributed by atoms with E-state index < -0.39 is 0 Å². The van der Waals surface area contributed by atoms with Gasteiger partial charge in [-0.3, -0.25) is 4.79 Å². The third kappa shape index (κ3) is 2.10. The number of rotatable bonds is 1. The van der Waals surface area contributed by atoms with Crippen LogP contribution in [0.25, 0.3) is 0 Å². The minimum absolute atomic E-state index is 0.00796. The van der Waals surface area contributed by atoms with Gasteiger partial charge in [0.1, 0.15) is 0 Å². The molecule has 0 aromatic rings. The minimum atomic E-state index is -0.244. The molecule has 1 saturated heterocycles. The molecular weight excluding hydrogens is 146 g/mol. The normalized spacial score (nSPS) is 22.6. The topological polar surface area (TPSA) is 70.2 Å². The van der Waals surface area contributed by atoms with Crippen LogP contribution in [0, 0.1) is 0 Å². The van der Waals surface area contributed by atoms with Crippen molar-refractivity contribution in [2.24, 2.45) is 0 Å². The first-order chi connectivity index (χ1) is 5.22. The van der Waals surface area contributed by atoms with Gasteiger partial charge in [0.25, 0.3) is 0 Å². The van der Waals surface area contributed by atoms with Gasteiger partial charge in [-0.2, -0.15) is 0 Å². The average Bonchev–Trinajstić information content (AvgIpc) is 2.35. The van der Waals surface area contributed by atoms with Crippen molar-refractivity contribution in [2.45, 2.75) is 12.5 Å². The molecule has 0 spiro atoms. The Morgan fingerprint density at radius 3 is 2.91 bits per heavy atom. The van der Waals surface area contributed by atoms with Crippen molar-refractivity contribution in [3.05, 3.63) is 0 Å². The molecule has 3 amide bonds. The first kappa shape index (κ1) is 7.84. The molecule has 1 fully saturated rings. The fraction of sp³-hybridized carbons (Fsp3) is 0.667. The van der Waals surface area contributed by atoms with E-state index >= 15 is 0 Å². The first-order valence-electron chi connectivity index (χ1n) is 3.47. The van der Waals surface area contributed by atoms with Gasteiger partial charge in [-0.05, 0) is 0 Å². The lowest BCUT2D eigenvalue weighted by Gasteiger charge is -2.08. The minimum Gasteiger partial charge on any atom is -0.354 e. The van der Waals surface area contributed by atoms with Crippen molar-refractivity contribution >= 4 is 11.9 Å². The Bertz CT molecular complexity index is 181. The van der Waals surface area contributed by atoms with Crippen LogP contribution in [-0.4, -0.2) is 31.6 Å². The number of carbonyl (C=O) groups is 2. The molecule has 1 aliphatic rings. The Morgan fingerprint density at radius 1 is 1.73 bits per heavy atom. The van der Waals surface area contributed by atoms with E-state index in [0.29, 0.717) is 13.0 Å². The Hall–Kier alpha value is -1.26. The van der Waals surface area contributed by atoms with E-state index in [2.05, 4.69) is 16.0 Å². The number of hydrogen-bond donors (Lipinski definition) is 3. The zero-order valence-electron chi connectivity index (χ0n) is 6.31. The molecule has 62 valence electrons. The highest BCUT2D eigenvalue weighted by atomic mass is 16.2. The van der Waals surface area contributed by atoms with Gasteiger partial charge in [-0.25, -0.2) is 4.79 Å². The van der Waals surface area contributed by atoms with Crippen LogP contribution < -0.4 is 16.0 Å². The van der Waals surface area contributed by atoms with Gasteiger partial charge in [0.2, 0.25) is 5.91 Å². The molecule has 1 heterocycles. The van der Waals surface area contributed by atoms with Crippen LogP contribution in [0.4, 0.5) is 4.79 Å². The van der Waals surface area contributed by atoms with Crippen molar-refractivity contribution < 1.29 is 9.59 Å². The molecular formula is C6H11N3O2. The summed E-state index contributed by atoms with van der Waals surface area (Å²) < 4.78 is 0. The molecule has 0 bridgehead atoms. The standard InChI is InChI=1S/C6H11N3O2/c1-7-6(11)9-4-2-5(10)8-3-4/h4H,2-3H2,1H3,(H,8,10)(H2,7,9,11). The molecule has 0 aromatic heterocycles. The van der Waals surface area contributed by atoms with Gasteiger partial charge in [0, 0.05) is 20.0 Å². The first-order valence-corrected chi connectivity index (χ1v) is 3.47. The molecule has 0 radical (unpaired) electrons. The largest absolute Gasteiger partial charge is 0.354 e. The molecule has 1 atom stereocenters. The summed E-state index contributed by atoms with van der Waals surface area (Å²) in [5.41, 5.74) is 0. The van der Waals surface area contributed by atoms with Crippen LogP contribution in [-0.2, 0) is 4.79 Å². The summed E-state index contributed by atoms with van der Waals surface area (Å²) in [7, 11) is 1.54. The highest BCUT2D eigenvalue weighted by molar-refractivity contribution is 5.81. The van der Waals surface area contributed by atoms with E-state index in [4.69, 9.17) is 0 Å². The third-order valence-electron chi connectivity index (χ3n) is 1.54. The molecule has 0 aromatic carbocycles. The number of amides is 3. The van der Waals surface area contributed by atoms with E-state index in [1.807, 2.05) is 0 Å². The van der Waals surface area contributed by atoms with Gasteiger partial charge in [0.05, 0.1) is 6.04 Å². The van der Waals surface area contributed by atoms with Crippen molar-refractivity contribution in [3.8, 4) is 0 Å². The molecule has 5 heteroatoms. The third-order valence-corrected chi connectivity index (χ3v) is 1.54. The SMILES string of the molecule is CNC(=O)NC1CNC(=O)C1. The summed E-state index contributed by atoms with van der Waals surface area (Å²) >= 11 is 0. The second kappa shape index (κ2) is 3.23. The van der Waals surface area contributed by atoms with Gasteiger partial charge in [-0.15, -0.1) is 0 Å². The predicted octanol–water partition coefficient (Wildman–Crippen LogP) is -1.20. The van der Waals surface area contributed by atoms with Crippen LogP contribution in [0.5, 0.6) is 0 Å². The molecule has 1 unspecified atom stereocenters. The lowest BCUT2D eigenvalue weighted by Crippen LogP contribution is -2.41. The average molecular weight is 157 g/mol. The lowest BCUT2D eigenvalue weighted by molar-refractivity contribution is -0.119. The van der Waals surface area contributed by atoms with E-state index in [9.17, 15) is 9.59 Å². The number of nitrogens with one attached hydrogen (secondary N) is 3. The van der Waals surface area contributed by atoms with Gasteiger partial charge < -0.3 is 16.0 Å². The summed E-state index contributed by atoms with van der Waals surface area (Å²) in [5.74, 6) is -0.00796. The summed E-state index contributed by atoms with van der Waals surface area (Å²) in [6.07, 6.45) is 0.382. The zero-order valence-corrected chi connectivity index (χ0v) is 6.31. The summed E-state index contributed by atoms with van der Waals surface area (Å²) in [6.45, 7) is 0.534. The van der Waals surface area contributed by atoms with Crippen molar-refractivity contribution in [2.75, 3.05) is 13.6 Å². The molecule has 1 aliphatic heterocycles. The fourth-order valence-electron chi connectivity index (χ4n) is 0.965. The second-order valence-corrected chi connectivity index (χ2v) is 2.43. The molecule has 3 N–H and O–H groups in total. The molecule has 11 heavy (non-hydrogen) atoms. The maximum Gasteiger partial charge on any atom is 0.314 e. The summed E-state index contributed by atoms with van der Waals surface area (Å²) in [5, 5.41) is 7.66. The van der Waals surface area contributed by atoms with Crippen LogP contribution >= 0.6 is 0 Å². The zero-order chi connectivity index (χ0) is 8.27. The molecule has 0 saturated carbocycles. The maximum absolute atomic E-state index is 10.7. The smallest absolute Gasteiger partial charge is 0.314 e. The van der Waals surface area contributed by atoms with E-state index in [1.54, 1.807) is 7.05 Å². The van der Waals surface area contributed by atoms with E-state index in [0.717, 1.165) is 0 Å². The number of carbonyl (C=O) groups excluding carboxylic acids is 2. The maximum atomic E-state index is 10.7. The fourth-order valence-corrected chi connectivity index (χ4v) is 0.965. The van der Waals surface area contributed by atoms with Crippen LogP contribution in [0.2, 0.25) is 0 Å². The summed E-state index contributed by atoms with van der Waals surface area (Å²) in [6, 6.07) is -0.297. The number of urea groups is 1. The Morgan fingerprint density at radius 2 is 2.45 bits per heavy atom. The molecule has 5 nitrogen and oxygen atoms in total. The van der Waals surface area contributed by atoms with Crippen LogP contribution in [0.1, 0.15) is 6.42 Å². The van der Waals surface area contributed by atoms with Gasteiger partial charge in [-0.1, -0.05) is 0 Å². The highest BCUT2D eigenvalue weighted by Crippen LogP contribution is 1.97. The predicted molar refractivity (Wildman–Crippen MR) is 39.0 cm³/mol. The Labute approximate surface area is 64.5 Å². The molecule has 0 aliphatic carbocycles. The lowest BCUT2D eigenvalue weighted by atomic mass is 10.3. The van der Waals surface area contributed by atoms with Crippen molar-refractivity contribution in [3.63, 3.8) is 0 Å². The summed E-state index contributed by atoms with van der Waals surface area (Å²) in [4.78, 5) is 21.4. The highest BCUT2D eigenvalue weighted by Gasteiger charge is 2.21. The Balaban J connectivity index is 2.28. The van der Waals surface area contributed by atoms with Gasteiger partial charge in [0.15, 0.2) is 0 Å². The quantitative estimate of drug-likeness (QED) is 0.447. The number of hydrogen-bond acceptors (Lipinski definition) is 2. The van der Waals surface area contributed by atoms with Crippen LogP contribution in [0.15, 0.2) is 0 Å². The van der Waals surface area contributed by atoms with E-state index in [-0.39, 0.29) is 18.0 Å². The van der Waals surface area contributed by atoms with Crippen molar-refractivity contribution in [1.29, 1.82) is 0 Å². The van der Waals surface area contributed by atoms with Crippen LogP contribution in [0.3, 0.4) is 0 Å². The monoisotopic (exact) mass is 157 g/mol. The van der Waals surface area contributed by atoms with Crippen molar-refractivity contribution in [1.82, 2.24) is 16.0 Å².